The van der Waals surface area contributed by atoms with Crippen molar-refractivity contribution in [3.63, 3.8) is 0 Å². The molecule has 0 heterocycles. The first-order chi connectivity index (χ1) is 12.3. The van der Waals surface area contributed by atoms with Crippen LogP contribution in [-0.2, 0) is 14.3 Å². The molecular weight excluding hydrogens is 324 g/mol. The summed E-state index contributed by atoms with van der Waals surface area (Å²) in [5, 5.41) is 0. The molecule has 0 aromatic heterocycles. The van der Waals surface area contributed by atoms with Crippen LogP contribution in [0.25, 0.3) is 0 Å². The first-order valence-corrected chi connectivity index (χ1v) is 10.9. The number of ketones is 1. The third kappa shape index (κ3) is 2.67. The third-order valence-electron chi connectivity index (χ3n) is 9.46. The quantitative estimate of drug-likeness (QED) is 0.638. The summed E-state index contributed by atoms with van der Waals surface area (Å²) >= 11 is 0. The molecule has 4 aliphatic rings. The highest BCUT2D eigenvalue weighted by molar-refractivity contribution is 5.78. The second-order valence-corrected chi connectivity index (χ2v) is 10.5. The average molecular weight is 361 g/mol. The molecule has 3 nitrogen and oxygen atoms in total. The van der Waals surface area contributed by atoms with Gasteiger partial charge in [0.25, 0.3) is 0 Å². The van der Waals surface area contributed by atoms with Crippen LogP contribution in [0.1, 0.15) is 85.5 Å². The molecule has 3 heteroatoms. The van der Waals surface area contributed by atoms with Gasteiger partial charge in [-0.25, -0.2) is 0 Å². The van der Waals surface area contributed by atoms with Gasteiger partial charge >= 0.3 is 5.97 Å². The molecule has 26 heavy (non-hydrogen) atoms. The summed E-state index contributed by atoms with van der Waals surface area (Å²) in [4.78, 5) is 23.5. The van der Waals surface area contributed by atoms with Gasteiger partial charge in [0.2, 0.25) is 0 Å². The highest BCUT2D eigenvalue weighted by Gasteiger charge is 2.61. The summed E-state index contributed by atoms with van der Waals surface area (Å²) < 4.78 is 5.76. The Morgan fingerprint density at radius 2 is 1.54 bits per heavy atom. The largest absolute Gasteiger partial charge is 0.462 e. The SMILES string of the molecule is CC(=O)O[C@H]1CC[C@@H]2[C@@H]3CC[C@@H]4C[C@H](C(C)=O)CC[C@]4(C)[C@H]3CC[C@@]12C. The van der Waals surface area contributed by atoms with Gasteiger partial charge < -0.3 is 4.74 Å². The highest BCUT2D eigenvalue weighted by atomic mass is 16.5. The number of carbonyl (C=O) groups is 2. The third-order valence-corrected chi connectivity index (χ3v) is 9.46. The maximum Gasteiger partial charge on any atom is 0.302 e. The van der Waals surface area contributed by atoms with Crippen molar-refractivity contribution in [3.05, 3.63) is 0 Å². The van der Waals surface area contributed by atoms with E-state index in [2.05, 4.69) is 13.8 Å². The predicted octanol–water partition coefficient (Wildman–Crippen LogP) is 5.17. The van der Waals surface area contributed by atoms with Crippen LogP contribution >= 0.6 is 0 Å². The molecule has 8 atom stereocenters. The standard InChI is InChI=1S/C23H36O3/c1-14(24)16-9-11-22(3)17(13-16)5-6-18-19-7-8-21(26-15(2)25)23(19,4)12-10-20(18)22/h16-21H,5-13H2,1-4H3/t16-,17-,18+,19-,20+,21+,22+,23-/m1/s1. The first kappa shape index (κ1) is 18.5. The summed E-state index contributed by atoms with van der Waals surface area (Å²) in [6.45, 7) is 8.29. The van der Waals surface area contributed by atoms with E-state index in [0.29, 0.717) is 23.0 Å². The van der Waals surface area contributed by atoms with Gasteiger partial charge in [-0.3, -0.25) is 9.59 Å². The Morgan fingerprint density at radius 3 is 2.23 bits per heavy atom. The van der Waals surface area contributed by atoms with Crippen molar-refractivity contribution in [1.82, 2.24) is 0 Å². The van der Waals surface area contributed by atoms with E-state index in [0.717, 1.165) is 37.0 Å². The molecular formula is C23H36O3. The molecule has 0 N–H and O–H groups in total. The smallest absolute Gasteiger partial charge is 0.302 e. The van der Waals surface area contributed by atoms with Gasteiger partial charge in [-0.15, -0.1) is 0 Å². The number of fused-ring (bicyclic) bond motifs is 5. The van der Waals surface area contributed by atoms with E-state index in [1.165, 1.54) is 38.5 Å². The van der Waals surface area contributed by atoms with Gasteiger partial charge in [-0.1, -0.05) is 13.8 Å². The number of ether oxygens (including phenoxy) is 1. The van der Waals surface area contributed by atoms with E-state index in [9.17, 15) is 9.59 Å². The van der Waals surface area contributed by atoms with E-state index >= 15 is 0 Å². The zero-order valence-corrected chi connectivity index (χ0v) is 17.1. The zero-order valence-electron chi connectivity index (χ0n) is 17.1. The van der Waals surface area contributed by atoms with Gasteiger partial charge in [-0.2, -0.15) is 0 Å². The molecule has 146 valence electrons. The Hall–Kier alpha value is -0.860. The molecule has 0 aromatic rings. The molecule has 0 unspecified atom stereocenters. The van der Waals surface area contributed by atoms with E-state index in [1.54, 1.807) is 13.8 Å². The maximum atomic E-state index is 11.9. The number of rotatable bonds is 2. The molecule has 0 aliphatic heterocycles. The van der Waals surface area contributed by atoms with Crippen molar-refractivity contribution in [1.29, 1.82) is 0 Å². The Balaban J connectivity index is 1.55. The van der Waals surface area contributed by atoms with Gasteiger partial charge in [0.05, 0.1) is 0 Å². The number of hydrogen-bond donors (Lipinski definition) is 0. The van der Waals surface area contributed by atoms with Crippen molar-refractivity contribution in [2.24, 2.45) is 40.4 Å². The van der Waals surface area contributed by atoms with Crippen LogP contribution in [0.2, 0.25) is 0 Å². The lowest BCUT2D eigenvalue weighted by molar-refractivity contribution is -0.162. The molecule has 0 radical (unpaired) electrons. The molecule has 0 bridgehead atoms. The molecule has 0 amide bonds. The topological polar surface area (TPSA) is 43.4 Å². The number of hydrogen-bond acceptors (Lipinski definition) is 3. The lowest BCUT2D eigenvalue weighted by Crippen LogP contribution is -2.54. The van der Waals surface area contributed by atoms with Crippen molar-refractivity contribution in [2.45, 2.75) is 91.6 Å². The van der Waals surface area contributed by atoms with Crippen LogP contribution in [0.5, 0.6) is 0 Å². The summed E-state index contributed by atoms with van der Waals surface area (Å²) in [6.07, 6.45) is 11.0. The molecule has 0 spiro atoms. The van der Waals surface area contributed by atoms with Crippen LogP contribution < -0.4 is 0 Å². The summed E-state index contributed by atoms with van der Waals surface area (Å²) in [7, 11) is 0. The maximum absolute atomic E-state index is 11.9. The van der Waals surface area contributed by atoms with Crippen LogP contribution in [0.4, 0.5) is 0 Å². The van der Waals surface area contributed by atoms with Crippen LogP contribution in [0.3, 0.4) is 0 Å². The minimum absolute atomic E-state index is 0.114. The fourth-order valence-corrected chi connectivity index (χ4v) is 7.97. The summed E-state index contributed by atoms with van der Waals surface area (Å²) in [5.74, 6) is 3.67. The van der Waals surface area contributed by atoms with Crippen molar-refractivity contribution < 1.29 is 14.3 Å². The zero-order chi connectivity index (χ0) is 18.7. The van der Waals surface area contributed by atoms with Crippen molar-refractivity contribution in [3.8, 4) is 0 Å². The summed E-state index contributed by atoms with van der Waals surface area (Å²) in [5.41, 5.74) is 0.613. The number of esters is 1. The molecule has 4 saturated carbocycles. The second-order valence-electron chi connectivity index (χ2n) is 10.5. The van der Waals surface area contributed by atoms with Crippen LogP contribution in [0.15, 0.2) is 0 Å². The number of carbonyl (C=O) groups excluding carboxylic acids is 2. The van der Waals surface area contributed by atoms with Gasteiger partial charge in [0, 0.05) is 18.3 Å². The van der Waals surface area contributed by atoms with Crippen LogP contribution in [-0.4, -0.2) is 17.9 Å². The fourth-order valence-electron chi connectivity index (χ4n) is 7.97. The van der Waals surface area contributed by atoms with Crippen molar-refractivity contribution >= 4 is 11.8 Å². The monoisotopic (exact) mass is 360 g/mol. The molecule has 0 saturated heterocycles. The van der Waals surface area contributed by atoms with E-state index < -0.39 is 0 Å². The molecule has 4 fully saturated rings. The Kier molecular flexibility index (Phi) is 4.51. The Labute approximate surface area is 158 Å². The average Bonchev–Trinajstić information content (AvgIpc) is 2.90. The second kappa shape index (κ2) is 6.34. The molecule has 4 rings (SSSR count). The Bertz CT molecular complexity index is 598. The van der Waals surface area contributed by atoms with Crippen LogP contribution in [0, 0.1) is 40.4 Å². The molecule has 0 aromatic carbocycles. The van der Waals surface area contributed by atoms with Gasteiger partial charge in [-0.05, 0) is 93.8 Å². The lowest BCUT2D eigenvalue weighted by Gasteiger charge is -2.60. The minimum Gasteiger partial charge on any atom is -0.462 e. The summed E-state index contributed by atoms with van der Waals surface area (Å²) in [6, 6.07) is 0. The molecule has 4 aliphatic carbocycles. The Morgan fingerprint density at radius 1 is 0.846 bits per heavy atom. The first-order valence-electron chi connectivity index (χ1n) is 10.9. The van der Waals surface area contributed by atoms with Gasteiger partial charge in [0.15, 0.2) is 0 Å². The normalized spacial score (nSPS) is 50.3. The van der Waals surface area contributed by atoms with Gasteiger partial charge in [0.1, 0.15) is 11.9 Å². The predicted molar refractivity (Wildman–Crippen MR) is 101 cm³/mol. The van der Waals surface area contributed by atoms with Crippen molar-refractivity contribution in [2.75, 3.05) is 0 Å². The van der Waals surface area contributed by atoms with E-state index in [1.807, 2.05) is 0 Å². The fraction of sp³-hybridized carbons (Fsp3) is 0.913. The number of Topliss-reactive ketones (excluding diaryl/α,β-unsaturated/α-hetero) is 1. The lowest BCUT2D eigenvalue weighted by atomic mass is 9.44. The van der Waals surface area contributed by atoms with E-state index in [4.69, 9.17) is 4.74 Å². The van der Waals surface area contributed by atoms with E-state index in [-0.39, 0.29) is 17.5 Å². The minimum atomic E-state index is -0.114. The highest BCUT2D eigenvalue weighted by Crippen LogP contribution is 2.66.